The maximum absolute atomic E-state index is 13.1. The van der Waals surface area contributed by atoms with Crippen LogP contribution in [0.2, 0.25) is 5.02 Å². The Bertz CT molecular complexity index is 920. The molecule has 3 rings (SSSR count). The lowest BCUT2D eigenvalue weighted by atomic mass is 10.3. The van der Waals surface area contributed by atoms with Gasteiger partial charge >= 0.3 is 0 Å². The Labute approximate surface area is 151 Å². The molecule has 0 amide bonds. The summed E-state index contributed by atoms with van der Waals surface area (Å²) in [7, 11) is -0.106. The molecule has 0 unspecified atom stereocenters. The Kier molecular flexibility index (Phi) is 4.94. The first-order chi connectivity index (χ1) is 11.8. The first kappa shape index (κ1) is 17.7. The topological polar surface area (TPSA) is 73.0 Å². The average molecular weight is 380 g/mol. The van der Waals surface area contributed by atoms with E-state index in [-0.39, 0.29) is 18.0 Å². The van der Waals surface area contributed by atoms with E-state index >= 15 is 0 Å². The van der Waals surface area contributed by atoms with Crippen molar-refractivity contribution in [1.29, 1.82) is 0 Å². The van der Waals surface area contributed by atoms with Gasteiger partial charge in [0.2, 0.25) is 10.0 Å². The molecule has 0 spiro atoms. The second-order valence-corrected chi connectivity index (χ2v) is 8.15. The Morgan fingerprint density at radius 2 is 1.44 bits per heavy atom. The van der Waals surface area contributed by atoms with E-state index < -0.39 is 10.0 Å². The lowest BCUT2D eigenvalue weighted by Crippen LogP contribution is -2.30. The summed E-state index contributed by atoms with van der Waals surface area (Å²) in [4.78, 5) is 0.199. The molecule has 0 N–H and O–H groups in total. The molecule has 132 valence electrons. The van der Waals surface area contributed by atoms with Crippen LogP contribution in [0.1, 0.15) is 11.1 Å². The molecule has 0 saturated heterocycles. The number of aromatic nitrogens is 4. The molecular formula is C16H18ClN5O2S. The summed E-state index contributed by atoms with van der Waals surface area (Å²) < 4.78 is 30.9. The molecular weight excluding hydrogens is 362 g/mol. The van der Waals surface area contributed by atoms with Crippen molar-refractivity contribution in [3.63, 3.8) is 0 Å². The molecule has 0 atom stereocenters. The van der Waals surface area contributed by atoms with Crippen LogP contribution >= 0.6 is 11.6 Å². The molecule has 0 aliphatic rings. The predicted octanol–water partition coefficient (Wildman–Crippen LogP) is 2.20. The maximum atomic E-state index is 13.1. The predicted molar refractivity (Wildman–Crippen MR) is 94.3 cm³/mol. The fourth-order valence-electron chi connectivity index (χ4n) is 2.50. The SMILES string of the molecule is Cn1cc(CN(Cc2cnn(C)c2)S(=O)(=O)c2ccc(Cl)cc2)cn1. The summed E-state index contributed by atoms with van der Waals surface area (Å²) >= 11 is 5.88. The summed E-state index contributed by atoms with van der Waals surface area (Å²) in [5.74, 6) is 0. The molecule has 2 heterocycles. The third-order valence-corrected chi connectivity index (χ3v) is 5.74. The smallest absolute Gasteiger partial charge is 0.243 e. The van der Waals surface area contributed by atoms with Gasteiger partial charge in [0.1, 0.15) is 0 Å². The minimum Gasteiger partial charge on any atom is -0.275 e. The standard InChI is InChI=1S/C16H18ClN5O2S/c1-20-9-13(7-18-20)11-22(12-14-8-19-21(2)10-14)25(23,24)16-5-3-15(17)4-6-16/h3-10H,11-12H2,1-2H3. The van der Waals surface area contributed by atoms with E-state index in [9.17, 15) is 8.42 Å². The van der Waals surface area contributed by atoms with Crippen molar-refractivity contribution in [3.8, 4) is 0 Å². The van der Waals surface area contributed by atoms with E-state index in [4.69, 9.17) is 11.6 Å². The summed E-state index contributed by atoms with van der Waals surface area (Å²) in [5, 5.41) is 8.71. The fraction of sp³-hybridized carbons (Fsp3) is 0.250. The van der Waals surface area contributed by atoms with Gasteiger partial charge in [0.05, 0.1) is 17.3 Å². The highest BCUT2D eigenvalue weighted by Gasteiger charge is 2.25. The van der Waals surface area contributed by atoms with Crippen molar-refractivity contribution in [3.05, 3.63) is 65.2 Å². The number of rotatable bonds is 6. The zero-order valence-corrected chi connectivity index (χ0v) is 15.4. The van der Waals surface area contributed by atoms with Crippen LogP contribution in [0.4, 0.5) is 0 Å². The third kappa shape index (κ3) is 4.09. The van der Waals surface area contributed by atoms with Crippen molar-refractivity contribution in [2.24, 2.45) is 14.1 Å². The monoisotopic (exact) mass is 379 g/mol. The highest BCUT2D eigenvalue weighted by atomic mass is 35.5. The Hall–Kier alpha value is -2.16. The second-order valence-electron chi connectivity index (χ2n) is 5.77. The van der Waals surface area contributed by atoms with Gasteiger partial charge in [-0.05, 0) is 24.3 Å². The summed E-state index contributed by atoms with van der Waals surface area (Å²) in [6.45, 7) is 0.432. The minimum atomic E-state index is -3.70. The summed E-state index contributed by atoms with van der Waals surface area (Å²) in [5.41, 5.74) is 1.62. The van der Waals surface area contributed by atoms with Crippen LogP contribution < -0.4 is 0 Å². The van der Waals surface area contributed by atoms with Gasteiger partial charge in [0.25, 0.3) is 0 Å². The van der Waals surface area contributed by atoms with Crippen LogP contribution in [0, 0.1) is 0 Å². The number of hydrogen-bond donors (Lipinski definition) is 0. The van der Waals surface area contributed by atoms with Crippen LogP contribution in [0.5, 0.6) is 0 Å². The van der Waals surface area contributed by atoms with Gasteiger partial charge in [-0.1, -0.05) is 11.6 Å². The van der Waals surface area contributed by atoms with Crippen LogP contribution in [-0.4, -0.2) is 32.3 Å². The molecule has 0 aliphatic carbocycles. The number of sulfonamides is 1. The van der Waals surface area contributed by atoms with Crippen molar-refractivity contribution in [2.75, 3.05) is 0 Å². The molecule has 0 aliphatic heterocycles. The van der Waals surface area contributed by atoms with E-state index in [0.717, 1.165) is 11.1 Å². The van der Waals surface area contributed by atoms with E-state index in [0.29, 0.717) is 5.02 Å². The normalized spacial score (nSPS) is 12.0. The molecule has 9 heteroatoms. The Morgan fingerprint density at radius 1 is 0.960 bits per heavy atom. The maximum Gasteiger partial charge on any atom is 0.243 e. The third-order valence-electron chi connectivity index (χ3n) is 3.69. The second kappa shape index (κ2) is 6.99. The van der Waals surface area contributed by atoms with Gasteiger partial charge in [-0.15, -0.1) is 0 Å². The minimum absolute atomic E-state index is 0.199. The first-order valence-corrected chi connectivity index (χ1v) is 9.37. The number of benzene rings is 1. The molecule has 7 nitrogen and oxygen atoms in total. The van der Waals surface area contributed by atoms with Crippen molar-refractivity contribution >= 4 is 21.6 Å². The van der Waals surface area contributed by atoms with Gasteiger partial charge in [-0.2, -0.15) is 14.5 Å². The zero-order chi connectivity index (χ0) is 18.0. The van der Waals surface area contributed by atoms with Crippen LogP contribution in [-0.2, 0) is 37.2 Å². The summed E-state index contributed by atoms with van der Waals surface area (Å²) in [6.07, 6.45) is 6.92. The van der Waals surface area contributed by atoms with Gasteiger partial charge < -0.3 is 0 Å². The number of aryl methyl sites for hydroxylation is 2. The van der Waals surface area contributed by atoms with Crippen molar-refractivity contribution in [1.82, 2.24) is 23.9 Å². The highest BCUT2D eigenvalue weighted by Crippen LogP contribution is 2.22. The van der Waals surface area contributed by atoms with Crippen molar-refractivity contribution in [2.45, 2.75) is 18.0 Å². The van der Waals surface area contributed by atoms with Crippen LogP contribution in [0.3, 0.4) is 0 Å². The molecule has 0 radical (unpaired) electrons. The fourth-order valence-corrected chi connectivity index (χ4v) is 4.04. The Balaban J connectivity index is 1.95. The average Bonchev–Trinajstić information content (AvgIpc) is 3.15. The van der Waals surface area contributed by atoms with Gasteiger partial charge in [0, 0.05) is 55.7 Å². The molecule has 25 heavy (non-hydrogen) atoms. The molecule has 0 bridgehead atoms. The van der Waals surface area contributed by atoms with Crippen LogP contribution in [0.15, 0.2) is 53.9 Å². The zero-order valence-electron chi connectivity index (χ0n) is 13.9. The lowest BCUT2D eigenvalue weighted by molar-refractivity contribution is 0.401. The number of nitrogens with zero attached hydrogens (tertiary/aromatic N) is 5. The van der Waals surface area contributed by atoms with E-state index in [1.54, 1.807) is 60.4 Å². The van der Waals surface area contributed by atoms with Gasteiger partial charge in [-0.3, -0.25) is 9.36 Å². The first-order valence-electron chi connectivity index (χ1n) is 7.55. The quantitative estimate of drug-likeness (QED) is 0.658. The molecule has 0 saturated carbocycles. The molecule has 1 aromatic carbocycles. The lowest BCUT2D eigenvalue weighted by Gasteiger charge is -2.21. The highest BCUT2D eigenvalue weighted by molar-refractivity contribution is 7.89. The van der Waals surface area contributed by atoms with E-state index in [2.05, 4.69) is 10.2 Å². The van der Waals surface area contributed by atoms with Gasteiger partial charge in [-0.25, -0.2) is 8.42 Å². The molecule has 2 aromatic heterocycles. The van der Waals surface area contributed by atoms with Crippen LogP contribution in [0.25, 0.3) is 0 Å². The van der Waals surface area contributed by atoms with Gasteiger partial charge in [0.15, 0.2) is 0 Å². The largest absolute Gasteiger partial charge is 0.275 e. The van der Waals surface area contributed by atoms with E-state index in [1.165, 1.54) is 16.4 Å². The van der Waals surface area contributed by atoms with E-state index in [1.807, 2.05) is 0 Å². The van der Waals surface area contributed by atoms with Crippen molar-refractivity contribution < 1.29 is 8.42 Å². The molecule has 0 fully saturated rings. The molecule has 3 aromatic rings. The Morgan fingerprint density at radius 3 is 1.84 bits per heavy atom. The number of hydrogen-bond acceptors (Lipinski definition) is 4. The summed E-state index contributed by atoms with van der Waals surface area (Å²) in [6, 6.07) is 6.16. The number of halogens is 1.